The third-order valence-electron chi connectivity index (χ3n) is 2.92. The summed E-state index contributed by atoms with van der Waals surface area (Å²) in [4.78, 5) is 14.8. The van der Waals surface area contributed by atoms with Gasteiger partial charge in [0.15, 0.2) is 5.82 Å². The van der Waals surface area contributed by atoms with Crippen LogP contribution in [0.4, 0.5) is 5.82 Å². The monoisotopic (exact) mass is 262 g/mol. The van der Waals surface area contributed by atoms with Crippen LogP contribution >= 0.6 is 0 Å². The van der Waals surface area contributed by atoms with E-state index in [1.807, 2.05) is 26.1 Å². The summed E-state index contributed by atoms with van der Waals surface area (Å²) in [5.41, 5.74) is 1.87. The standard InChI is InChI=1S/C13H18N4O2/c1-9(4-3-5-12(18)19)15-13-11-8-10(2)16-17(11)7-6-14-13/h6-9H,3-5H2,1-2H3,(H,14,15)(H,18,19). The van der Waals surface area contributed by atoms with Crippen molar-refractivity contribution in [3.8, 4) is 0 Å². The van der Waals surface area contributed by atoms with Crippen molar-refractivity contribution in [3.05, 3.63) is 24.2 Å². The smallest absolute Gasteiger partial charge is 0.303 e. The molecule has 6 heteroatoms. The number of anilines is 1. The van der Waals surface area contributed by atoms with Gasteiger partial charge >= 0.3 is 5.97 Å². The van der Waals surface area contributed by atoms with Gasteiger partial charge in [-0.1, -0.05) is 0 Å². The molecule has 0 bridgehead atoms. The minimum atomic E-state index is -0.751. The molecule has 0 saturated carbocycles. The van der Waals surface area contributed by atoms with Crippen LogP contribution in [0.25, 0.3) is 5.52 Å². The number of hydrogen-bond acceptors (Lipinski definition) is 4. The molecule has 0 aliphatic carbocycles. The van der Waals surface area contributed by atoms with Crippen LogP contribution in [-0.2, 0) is 4.79 Å². The van der Waals surface area contributed by atoms with Crippen molar-refractivity contribution >= 4 is 17.3 Å². The van der Waals surface area contributed by atoms with E-state index in [9.17, 15) is 4.79 Å². The zero-order valence-corrected chi connectivity index (χ0v) is 11.1. The molecular formula is C13H18N4O2. The number of hydrogen-bond donors (Lipinski definition) is 2. The van der Waals surface area contributed by atoms with Gasteiger partial charge in [0.25, 0.3) is 0 Å². The highest BCUT2D eigenvalue weighted by Gasteiger charge is 2.09. The zero-order chi connectivity index (χ0) is 13.8. The molecule has 6 nitrogen and oxygen atoms in total. The van der Waals surface area contributed by atoms with Gasteiger partial charge in [-0.05, 0) is 32.8 Å². The lowest BCUT2D eigenvalue weighted by atomic mass is 10.1. The minimum Gasteiger partial charge on any atom is -0.481 e. The van der Waals surface area contributed by atoms with Gasteiger partial charge in [0, 0.05) is 24.9 Å². The molecule has 1 unspecified atom stereocenters. The van der Waals surface area contributed by atoms with E-state index in [1.54, 1.807) is 10.7 Å². The van der Waals surface area contributed by atoms with Crippen LogP contribution in [0.15, 0.2) is 18.5 Å². The molecule has 19 heavy (non-hydrogen) atoms. The highest BCUT2D eigenvalue weighted by molar-refractivity contribution is 5.68. The van der Waals surface area contributed by atoms with Gasteiger partial charge in [-0.2, -0.15) is 5.10 Å². The molecule has 0 amide bonds. The number of aliphatic carboxylic acids is 1. The predicted octanol–water partition coefficient (Wildman–Crippen LogP) is 2.09. The average Bonchev–Trinajstić information content (AvgIpc) is 2.70. The van der Waals surface area contributed by atoms with E-state index < -0.39 is 5.97 Å². The summed E-state index contributed by atoms with van der Waals surface area (Å²) in [7, 11) is 0. The minimum absolute atomic E-state index is 0.174. The molecule has 2 N–H and O–H groups in total. The molecule has 0 aliphatic rings. The first-order chi connectivity index (χ1) is 9.06. The Morgan fingerprint density at radius 1 is 1.58 bits per heavy atom. The average molecular weight is 262 g/mol. The maximum Gasteiger partial charge on any atom is 0.303 e. The quantitative estimate of drug-likeness (QED) is 0.833. The van der Waals surface area contributed by atoms with E-state index in [-0.39, 0.29) is 12.5 Å². The summed E-state index contributed by atoms with van der Waals surface area (Å²) >= 11 is 0. The number of nitrogens with one attached hydrogen (secondary N) is 1. The maximum absolute atomic E-state index is 10.5. The molecule has 0 saturated heterocycles. The van der Waals surface area contributed by atoms with Crippen LogP contribution in [0, 0.1) is 6.92 Å². The Hall–Kier alpha value is -2.11. The van der Waals surface area contributed by atoms with Crippen molar-refractivity contribution in [1.82, 2.24) is 14.6 Å². The third kappa shape index (κ3) is 3.43. The number of rotatable bonds is 6. The number of carbonyl (C=O) groups is 1. The van der Waals surface area contributed by atoms with Crippen molar-refractivity contribution in [3.63, 3.8) is 0 Å². The van der Waals surface area contributed by atoms with Crippen LogP contribution < -0.4 is 5.32 Å². The molecule has 2 aromatic rings. The topological polar surface area (TPSA) is 79.5 Å². The summed E-state index contributed by atoms with van der Waals surface area (Å²) in [5, 5.41) is 16.2. The Labute approximate surface area is 111 Å². The van der Waals surface area contributed by atoms with E-state index in [0.717, 1.165) is 23.4 Å². The number of carboxylic acid groups (broad SMARTS) is 1. The molecule has 102 valence electrons. The van der Waals surface area contributed by atoms with E-state index in [1.165, 1.54) is 0 Å². The Bertz CT molecular complexity index is 579. The van der Waals surface area contributed by atoms with E-state index in [0.29, 0.717) is 6.42 Å². The van der Waals surface area contributed by atoms with Crippen LogP contribution in [-0.4, -0.2) is 31.7 Å². The first kappa shape index (κ1) is 13.3. The number of aryl methyl sites for hydroxylation is 1. The molecule has 0 spiro atoms. The highest BCUT2D eigenvalue weighted by atomic mass is 16.4. The first-order valence-corrected chi connectivity index (χ1v) is 6.35. The van der Waals surface area contributed by atoms with Crippen molar-refractivity contribution < 1.29 is 9.90 Å². The Kier molecular flexibility index (Phi) is 3.99. The second kappa shape index (κ2) is 5.69. The Morgan fingerprint density at radius 2 is 2.37 bits per heavy atom. The lowest BCUT2D eigenvalue weighted by Crippen LogP contribution is -2.17. The second-order valence-electron chi connectivity index (χ2n) is 4.72. The first-order valence-electron chi connectivity index (χ1n) is 6.35. The van der Waals surface area contributed by atoms with E-state index >= 15 is 0 Å². The summed E-state index contributed by atoms with van der Waals surface area (Å²) < 4.78 is 1.79. The van der Waals surface area contributed by atoms with Gasteiger partial charge in [-0.15, -0.1) is 0 Å². The third-order valence-corrected chi connectivity index (χ3v) is 2.92. The molecule has 2 heterocycles. The van der Waals surface area contributed by atoms with Crippen LogP contribution in [0.5, 0.6) is 0 Å². The van der Waals surface area contributed by atoms with Crippen molar-refractivity contribution in [2.75, 3.05) is 5.32 Å². The van der Waals surface area contributed by atoms with Gasteiger partial charge in [0.2, 0.25) is 0 Å². The fourth-order valence-electron chi connectivity index (χ4n) is 2.02. The largest absolute Gasteiger partial charge is 0.481 e. The molecule has 2 aromatic heterocycles. The second-order valence-corrected chi connectivity index (χ2v) is 4.72. The Balaban J connectivity index is 2.02. The SMILES string of the molecule is Cc1cc2c(NC(C)CCCC(=O)O)nccn2n1. The molecule has 2 rings (SSSR count). The molecule has 0 fully saturated rings. The maximum atomic E-state index is 10.5. The van der Waals surface area contributed by atoms with Crippen LogP contribution in [0.2, 0.25) is 0 Å². The summed E-state index contributed by atoms with van der Waals surface area (Å²) in [6, 6.07) is 2.15. The lowest BCUT2D eigenvalue weighted by molar-refractivity contribution is -0.137. The fraction of sp³-hybridized carbons (Fsp3) is 0.462. The van der Waals surface area contributed by atoms with E-state index in [4.69, 9.17) is 5.11 Å². The van der Waals surface area contributed by atoms with Crippen molar-refractivity contribution in [2.45, 2.75) is 39.2 Å². The normalized spacial score (nSPS) is 12.5. The van der Waals surface area contributed by atoms with Gasteiger partial charge in [0.1, 0.15) is 5.52 Å². The fourth-order valence-corrected chi connectivity index (χ4v) is 2.02. The molecule has 0 aromatic carbocycles. The molecule has 0 radical (unpaired) electrons. The summed E-state index contributed by atoms with van der Waals surface area (Å²) in [5.74, 6) is 0.0322. The highest BCUT2D eigenvalue weighted by Crippen LogP contribution is 2.16. The van der Waals surface area contributed by atoms with Crippen molar-refractivity contribution in [1.29, 1.82) is 0 Å². The predicted molar refractivity (Wildman–Crippen MR) is 72.3 cm³/mol. The Morgan fingerprint density at radius 3 is 3.11 bits per heavy atom. The molecule has 0 aliphatic heterocycles. The van der Waals surface area contributed by atoms with Crippen molar-refractivity contribution in [2.24, 2.45) is 0 Å². The summed E-state index contributed by atoms with van der Waals surface area (Å²) in [6.45, 7) is 3.96. The zero-order valence-electron chi connectivity index (χ0n) is 11.1. The number of carboxylic acids is 1. The van der Waals surface area contributed by atoms with Gasteiger partial charge in [0.05, 0.1) is 5.69 Å². The molecular weight excluding hydrogens is 244 g/mol. The number of aromatic nitrogens is 3. The van der Waals surface area contributed by atoms with Crippen LogP contribution in [0.3, 0.4) is 0 Å². The van der Waals surface area contributed by atoms with Crippen LogP contribution in [0.1, 0.15) is 31.9 Å². The number of nitrogens with zero attached hydrogens (tertiary/aromatic N) is 3. The van der Waals surface area contributed by atoms with Gasteiger partial charge in [-0.3, -0.25) is 4.79 Å². The van der Waals surface area contributed by atoms with Gasteiger partial charge in [-0.25, -0.2) is 9.50 Å². The lowest BCUT2D eigenvalue weighted by Gasteiger charge is -2.14. The number of fused-ring (bicyclic) bond motifs is 1. The van der Waals surface area contributed by atoms with Gasteiger partial charge < -0.3 is 10.4 Å². The van der Waals surface area contributed by atoms with E-state index in [2.05, 4.69) is 15.4 Å². The molecule has 1 atom stereocenters. The summed E-state index contributed by atoms with van der Waals surface area (Å²) in [6.07, 6.45) is 5.16.